The van der Waals surface area contributed by atoms with Crippen molar-refractivity contribution in [3.8, 4) is 11.5 Å². The largest absolute Gasteiger partial charge is 0.504 e. The molecule has 0 unspecified atom stereocenters. The number of nitrogens with zero attached hydrogens (tertiary/aromatic N) is 1. The molecule has 2 aliphatic heterocycles. The summed E-state index contributed by atoms with van der Waals surface area (Å²) < 4.78 is 10.7. The van der Waals surface area contributed by atoms with E-state index in [0.29, 0.717) is 5.75 Å². The van der Waals surface area contributed by atoms with Crippen LogP contribution < -0.4 is 10.1 Å². The molecule has 2 aliphatic rings. The second-order valence-electron chi connectivity index (χ2n) is 6.99. The zero-order valence-electron chi connectivity index (χ0n) is 14.7. The molecule has 134 valence electrons. The van der Waals surface area contributed by atoms with Crippen molar-refractivity contribution in [3.05, 3.63) is 23.8 Å². The van der Waals surface area contributed by atoms with Gasteiger partial charge in [-0.15, -0.1) is 0 Å². The lowest BCUT2D eigenvalue weighted by Crippen LogP contribution is -2.59. The number of phenolic OH excluding ortho intramolecular Hbond substituents is 1. The summed E-state index contributed by atoms with van der Waals surface area (Å²) in [5, 5.41) is 13.5. The summed E-state index contributed by atoms with van der Waals surface area (Å²) in [6, 6.07) is 5.60. The number of methoxy groups -OCH3 is 1. The maximum absolute atomic E-state index is 9.92. The van der Waals surface area contributed by atoms with E-state index in [2.05, 4.69) is 10.2 Å². The third-order valence-electron chi connectivity index (χ3n) is 5.48. The molecule has 0 amide bonds. The van der Waals surface area contributed by atoms with Crippen LogP contribution in [0, 0.1) is 0 Å². The minimum atomic E-state index is 0.202. The normalized spacial score (nSPS) is 21.5. The van der Waals surface area contributed by atoms with E-state index >= 15 is 0 Å². The van der Waals surface area contributed by atoms with Crippen molar-refractivity contribution < 1.29 is 14.6 Å². The number of piperidine rings is 1. The van der Waals surface area contributed by atoms with Crippen LogP contribution in [0.2, 0.25) is 0 Å². The molecule has 2 saturated heterocycles. The number of benzene rings is 1. The third kappa shape index (κ3) is 4.02. The molecule has 0 radical (unpaired) electrons. The molecular formula is C19H30N2O3. The van der Waals surface area contributed by atoms with Crippen molar-refractivity contribution in [1.82, 2.24) is 10.2 Å². The number of hydrogen-bond acceptors (Lipinski definition) is 5. The van der Waals surface area contributed by atoms with Gasteiger partial charge in [-0.2, -0.15) is 0 Å². The van der Waals surface area contributed by atoms with E-state index in [-0.39, 0.29) is 11.3 Å². The second-order valence-corrected chi connectivity index (χ2v) is 6.99. The lowest BCUT2D eigenvalue weighted by Gasteiger charge is -2.48. The van der Waals surface area contributed by atoms with E-state index in [0.717, 1.165) is 44.7 Å². The lowest BCUT2D eigenvalue weighted by atomic mass is 9.86. The molecule has 2 heterocycles. The molecule has 0 saturated carbocycles. The topological polar surface area (TPSA) is 54.0 Å². The SMILES string of the molecule is COc1ccc(CNCC2(N3CCCCC3)CCOCC2)cc1O. The van der Waals surface area contributed by atoms with Gasteiger partial charge in [0.1, 0.15) is 0 Å². The van der Waals surface area contributed by atoms with Crippen LogP contribution in [0.4, 0.5) is 0 Å². The number of phenols is 1. The first-order valence-electron chi connectivity index (χ1n) is 9.13. The molecule has 0 aromatic heterocycles. The Morgan fingerprint density at radius 1 is 1.21 bits per heavy atom. The highest BCUT2D eigenvalue weighted by molar-refractivity contribution is 5.41. The summed E-state index contributed by atoms with van der Waals surface area (Å²) in [6.07, 6.45) is 6.20. The van der Waals surface area contributed by atoms with Crippen LogP contribution in [0.5, 0.6) is 11.5 Å². The summed E-state index contributed by atoms with van der Waals surface area (Å²) in [6.45, 7) is 5.89. The van der Waals surface area contributed by atoms with Crippen LogP contribution in [0.15, 0.2) is 18.2 Å². The van der Waals surface area contributed by atoms with Gasteiger partial charge in [-0.1, -0.05) is 12.5 Å². The van der Waals surface area contributed by atoms with Crippen LogP contribution in [0.25, 0.3) is 0 Å². The number of nitrogens with one attached hydrogen (secondary N) is 1. The highest BCUT2D eigenvalue weighted by Crippen LogP contribution is 2.31. The lowest BCUT2D eigenvalue weighted by molar-refractivity contribution is -0.0358. The summed E-state index contributed by atoms with van der Waals surface area (Å²) in [5.41, 5.74) is 1.31. The van der Waals surface area contributed by atoms with E-state index in [1.54, 1.807) is 13.2 Å². The highest BCUT2D eigenvalue weighted by atomic mass is 16.5. The average molecular weight is 334 g/mol. The van der Waals surface area contributed by atoms with E-state index in [9.17, 15) is 5.11 Å². The van der Waals surface area contributed by atoms with Gasteiger partial charge < -0.3 is 19.9 Å². The first-order valence-corrected chi connectivity index (χ1v) is 9.13. The third-order valence-corrected chi connectivity index (χ3v) is 5.48. The maximum atomic E-state index is 9.92. The Balaban J connectivity index is 1.60. The Labute approximate surface area is 144 Å². The van der Waals surface area contributed by atoms with Crippen molar-refractivity contribution in [2.24, 2.45) is 0 Å². The van der Waals surface area contributed by atoms with Gasteiger partial charge in [0, 0.05) is 31.8 Å². The molecule has 3 rings (SSSR count). The Hall–Kier alpha value is -1.30. The molecule has 0 atom stereocenters. The van der Waals surface area contributed by atoms with E-state index in [1.807, 2.05) is 12.1 Å². The van der Waals surface area contributed by atoms with Crippen molar-refractivity contribution in [1.29, 1.82) is 0 Å². The van der Waals surface area contributed by atoms with Gasteiger partial charge in [-0.05, 0) is 56.5 Å². The smallest absolute Gasteiger partial charge is 0.160 e. The molecule has 1 aromatic rings. The summed E-state index contributed by atoms with van der Waals surface area (Å²) in [5.74, 6) is 0.724. The molecular weight excluding hydrogens is 304 g/mol. The fourth-order valence-corrected chi connectivity index (χ4v) is 4.01. The molecule has 0 bridgehead atoms. The molecule has 24 heavy (non-hydrogen) atoms. The van der Waals surface area contributed by atoms with Crippen LogP contribution in [-0.4, -0.2) is 55.5 Å². The van der Waals surface area contributed by atoms with Crippen molar-refractivity contribution in [2.45, 2.75) is 44.2 Å². The van der Waals surface area contributed by atoms with Gasteiger partial charge in [0.15, 0.2) is 11.5 Å². The monoisotopic (exact) mass is 334 g/mol. The van der Waals surface area contributed by atoms with E-state index in [4.69, 9.17) is 9.47 Å². The molecule has 2 fully saturated rings. The molecule has 0 aliphatic carbocycles. The number of aromatic hydroxyl groups is 1. The standard InChI is InChI=1S/C19H30N2O3/c1-23-18-6-5-16(13-17(18)22)14-20-15-19(7-11-24-12-8-19)21-9-3-2-4-10-21/h5-6,13,20,22H,2-4,7-12,14-15H2,1H3. The quantitative estimate of drug-likeness (QED) is 0.837. The number of rotatable bonds is 6. The molecule has 2 N–H and O–H groups in total. The first-order chi connectivity index (χ1) is 11.7. The highest BCUT2D eigenvalue weighted by Gasteiger charge is 2.38. The van der Waals surface area contributed by atoms with Crippen molar-refractivity contribution in [3.63, 3.8) is 0 Å². The fraction of sp³-hybridized carbons (Fsp3) is 0.684. The number of ether oxygens (including phenoxy) is 2. The van der Waals surface area contributed by atoms with Crippen molar-refractivity contribution in [2.75, 3.05) is 40.0 Å². The van der Waals surface area contributed by atoms with E-state index < -0.39 is 0 Å². The minimum absolute atomic E-state index is 0.202. The van der Waals surface area contributed by atoms with Crippen molar-refractivity contribution >= 4 is 0 Å². The van der Waals surface area contributed by atoms with Crippen LogP contribution >= 0.6 is 0 Å². The number of hydrogen-bond donors (Lipinski definition) is 2. The van der Waals surface area contributed by atoms with Gasteiger partial charge in [0.05, 0.1) is 7.11 Å². The van der Waals surface area contributed by atoms with Gasteiger partial charge in [-0.3, -0.25) is 4.90 Å². The van der Waals surface area contributed by atoms with E-state index in [1.165, 1.54) is 32.4 Å². The Morgan fingerprint density at radius 2 is 1.96 bits per heavy atom. The predicted octanol–water partition coefficient (Wildman–Crippen LogP) is 2.53. The van der Waals surface area contributed by atoms with Gasteiger partial charge in [-0.25, -0.2) is 0 Å². The zero-order chi connectivity index (χ0) is 16.8. The maximum Gasteiger partial charge on any atom is 0.160 e. The predicted molar refractivity (Wildman–Crippen MR) is 94.6 cm³/mol. The fourth-order valence-electron chi connectivity index (χ4n) is 4.01. The van der Waals surface area contributed by atoms with Crippen LogP contribution in [-0.2, 0) is 11.3 Å². The zero-order valence-corrected chi connectivity index (χ0v) is 14.7. The summed E-state index contributed by atoms with van der Waals surface area (Å²) >= 11 is 0. The average Bonchev–Trinajstić information content (AvgIpc) is 2.63. The van der Waals surface area contributed by atoms with Crippen LogP contribution in [0.1, 0.15) is 37.7 Å². The summed E-state index contributed by atoms with van der Waals surface area (Å²) in [7, 11) is 1.57. The Bertz CT molecular complexity index is 523. The van der Waals surface area contributed by atoms with Gasteiger partial charge >= 0.3 is 0 Å². The molecule has 5 nitrogen and oxygen atoms in total. The molecule has 5 heteroatoms. The minimum Gasteiger partial charge on any atom is -0.504 e. The second kappa shape index (κ2) is 8.19. The van der Waals surface area contributed by atoms with Gasteiger partial charge in [0.25, 0.3) is 0 Å². The Morgan fingerprint density at radius 3 is 2.62 bits per heavy atom. The molecule has 0 spiro atoms. The van der Waals surface area contributed by atoms with Gasteiger partial charge in [0.2, 0.25) is 0 Å². The molecule has 1 aromatic carbocycles. The summed E-state index contributed by atoms with van der Waals surface area (Å²) in [4.78, 5) is 2.69. The van der Waals surface area contributed by atoms with Crippen LogP contribution in [0.3, 0.4) is 0 Å². The Kier molecular flexibility index (Phi) is 5.98. The number of likely N-dealkylation sites (tertiary alicyclic amines) is 1. The first kappa shape index (κ1) is 17.5.